The molecule has 2 aromatic rings. The number of carbonyl (C=O) groups excluding carboxylic acids is 1. The van der Waals surface area contributed by atoms with Crippen molar-refractivity contribution in [2.75, 3.05) is 6.54 Å². The summed E-state index contributed by atoms with van der Waals surface area (Å²) in [5.74, 6) is 0.290. The van der Waals surface area contributed by atoms with Gasteiger partial charge in [-0.15, -0.1) is 0 Å². The SMILES string of the molecule is Cc1ccc2oc(C(=O)N3CC[C@H](O)CC34CCC4)cc2n1. The predicted octanol–water partition coefficient (Wildman–Crippen LogP) is 2.66. The van der Waals surface area contributed by atoms with Crippen LogP contribution in [0.2, 0.25) is 0 Å². The number of hydrogen-bond acceptors (Lipinski definition) is 4. The minimum Gasteiger partial charge on any atom is -0.449 e. The van der Waals surface area contributed by atoms with Crippen molar-refractivity contribution in [3.63, 3.8) is 0 Å². The van der Waals surface area contributed by atoms with Gasteiger partial charge in [0.2, 0.25) is 0 Å². The number of furan rings is 1. The minimum atomic E-state index is -0.288. The zero-order chi connectivity index (χ0) is 15.3. The first kappa shape index (κ1) is 13.8. The minimum absolute atomic E-state index is 0.0674. The topological polar surface area (TPSA) is 66.6 Å². The molecule has 1 amide bonds. The highest BCUT2D eigenvalue weighted by atomic mass is 16.3. The number of amides is 1. The molecule has 1 saturated carbocycles. The lowest BCUT2D eigenvalue weighted by molar-refractivity contribution is -0.0495. The third kappa shape index (κ3) is 2.03. The van der Waals surface area contributed by atoms with Crippen LogP contribution in [0, 0.1) is 6.92 Å². The highest BCUT2D eigenvalue weighted by Gasteiger charge is 2.49. The van der Waals surface area contributed by atoms with E-state index in [1.54, 1.807) is 6.07 Å². The number of pyridine rings is 1. The lowest BCUT2D eigenvalue weighted by Crippen LogP contribution is -2.61. The Morgan fingerprint density at radius 3 is 3.00 bits per heavy atom. The van der Waals surface area contributed by atoms with Crippen LogP contribution in [0.1, 0.15) is 48.4 Å². The van der Waals surface area contributed by atoms with Gasteiger partial charge in [0.15, 0.2) is 11.3 Å². The van der Waals surface area contributed by atoms with Crippen LogP contribution in [0.3, 0.4) is 0 Å². The molecule has 0 radical (unpaired) electrons. The number of aliphatic hydroxyl groups is 1. The number of fused-ring (bicyclic) bond motifs is 1. The molecule has 3 heterocycles. The van der Waals surface area contributed by atoms with Crippen LogP contribution in [0.25, 0.3) is 11.1 Å². The molecule has 4 rings (SSSR count). The fourth-order valence-corrected chi connectivity index (χ4v) is 3.81. The standard InChI is InChI=1S/C17H20N2O3/c1-11-3-4-14-13(18-11)9-15(22-14)16(21)19-8-5-12(20)10-17(19)6-2-7-17/h3-4,9,12,20H,2,5-8,10H2,1H3/t12-/m0/s1. The number of aryl methyl sites for hydroxylation is 1. The second kappa shape index (κ2) is 4.81. The normalized spacial score (nSPS) is 23.7. The number of nitrogens with zero attached hydrogens (tertiary/aromatic N) is 2. The Bertz CT molecular complexity index is 733. The maximum absolute atomic E-state index is 12.9. The maximum atomic E-state index is 12.9. The van der Waals surface area contributed by atoms with Crippen molar-refractivity contribution in [2.45, 2.75) is 50.7 Å². The van der Waals surface area contributed by atoms with Crippen LogP contribution in [0.4, 0.5) is 0 Å². The Morgan fingerprint density at radius 2 is 2.27 bits per heavy atom. The van der Waals surface area contributed by atoms with Crippen molar-refractivity contribution in [3.05, 3.63) is 29.7 Å². The fraction of sp³-hybridized carbons (Fsp3) is 0.529. The highest BCUT2D eigenvalue weighted by molar-refractivity contribution is 5.95. The van der Waals surface area contributed by atoms with Gasteiger partial charge in [-0.3, -0.25) is 4.79 Å². The summed E-state index contributed by atoms with van der Waals surface area (Å²) in [5.41, 5.74) is 2.12. The van der Waals surface area contributed by atoms with E-state index in [1.165, 1.54) is 0 Å². The molecule has 116 valence electrons. The van der Waals surface area contributed by atoms with E-state index < -0.39 is 0 Å². The fourth-order valence-electron chi connectivity index (χ4n) is 3.81. The number of piperidine rings is 1. The summed E-state index contributed by atoms with van der Waals surface area (Å²) in [7, 11) is 0. The van der Waals surface area contributed by atoms with Crippen LogP contribution >= 0.6 is 0 Å². The van der Waals surface area contributed by atoms with Crippen molar-refractivity contribution < 1.29 is 14.3 Å². The number of carbonyl (C=O) groups is 1. The van der Waals surface area contributed by atoms with Crippen molar-refractivity contribution in [2.24, 2.45) is 0 Å². The predicted molar refractivity (Wildman–Crippen MR) is 81.6 cm³/mol. The van der Waals surface area contributed by atoms with E-state index in [9.17, 15) is 9.90 Å². The van der Waals surface area contributed by atoms with Gasteiger partial charge in [0.05, 0.1) is 6.10 Å². The summed E-state index contributed by atoms with van der Waals surface area (Å²) in [6.07, 6.45) is 4.13. The van der Waals surface area contributed by atoms with Gasteiger partial charge in [-0.1, -0.05) is 0 Å². The Balaban J connectivity index is 1.67. The molecule has 0 bridgehead atoms. The van der Waals surface area contributed by atoms with Gasteiger partial charge in [-0.05, 0) is 51.2 Å². The van der Waals surface area contributed by atoms with Crippen LogP contribution in [0.5, 0.6) is 0 Å². The Morgan fingerprint density at radius 1 is 1.45 bits per heavy atom. The number of hydrogen-bond donors (Lipinski definition) is 1. The Hall–Kier alpha value is -1.88. The van der Waals surface area contributed by atoms with Gasteiger partial charge in [0, 0.05) is 23.8 Å². The van der Waals surface area contributed by atoms with Gasteiger partial charge >= 0.3 is 0 Å². The van der Waals surface area contributed by atoms with E-state index in [2.05, 4.69) is 4.98 Å². The first-order valence-electron chi connectivity index (χ1n) is 7.95. The molecule has 1 aliphatic carbocycles. The van der Waals surface area contributed by atoms with E-state index in [0.29, 0.717) is 30.7 Å². The quantitative estimate of drug-likeness (QED) is 0.879. The molecule has 1 atom stereocenters. The molecule has 2 fully saturated rings. The molecule has 1 spiro atoms. The molecule has 5 nitrogen and oxygen atoms in total. The largest absolute Gasteiger partial charge is 0.449 e. The van der Waals surface area contributed by atoms with E-state index in [-0.39, 0.29) is 17.6 Å². The summed E-state index contributed by atoms with van der Waals surface area (Å²) >= 11 is 0. The number of aliphatic hydroxyl groups excluding tert-OH is 1. The zero-order valence-corrected chi connectivity index (χ0v) is 12.7. The smallest absolute Gasteiger partial charge is 0.290 e. The van der Waals surface area contributed by atoms with Crippen molar-refractivity contribution >= 4 is 17.0 Å². The molecule has 2 aliphatic rings. The molecular weight excluding hydrogens is 280 g/mol. The van der Waals surface area contributed by atoms with E-state index >= 15 is 0 Å². The van der Waals surface area contributed by atoms with Gasteiger partial charge in [0.25, 0.3) is 5.91 Å². The maximum Gasteiger partial charge on any atom is 0.290 e. The van der Waals surface area contributed by atoms with Gasteiger partial charge < -0.3 is 14.4 Å². The summed E-state index contributed by atoms with van der Waals surface area (Å²) in [4.78, 5) is 19.2. The zero-order valence-electron chi connectivity index (χ0n) is 12.7. The Kier molecular flexibility index (Phi) is 3.01. The molecule has 22 heavy (non-hydrogen) atoms. The summed E-state index contributed by atoms with van der Waals surface area (Å²) in [6.45, 7) is 2.52. The number of likely N-dealkylation sites (tertiary alicyclic amines) is 1. The summed E-state index contributed by atoms with van der Waals surface area (Å²) < 4.78 is 5.71. The first-order chi connectivity index (χ1) is 10.6. The average molecular weight is 300 g/mol. The van der Waals surface area contributed by atoms with Gasteiger partial charge in [-0.2, -0.15) is 0 Å². The lowest BCUT2D eigenvalue weighted by atomic mass is 9.69. The highest BCUT2D eigenvalue weighted by Crippen LogP contribution is 2.45. The Labute approximate surface area is 128 Å². The molecule has 0 unspecified atom stereocenters. The average Bonchev–Trinajstić information content (AvgIpc) is 2.87. The van der Waals surface area contributed by atoms with Crippen LogP contribution in [-0.2, 0) is 0 Å². The summed E-state index contributed by atoms with van der Waals surface area (Å²) in [6, 6.07) is 5.47. The second-order valence-electron chi connectivity index (χ2n) is 6.63. The van der Waals surface area contributed by atoms with E-state index in [1.807, 2.05) is 24.0 Å². The number of rotatable bonds is 1. The third-order valence-electron chi connectivity index (χ3n) is 5.13. The lowest BCUT2D eigenvalue weighted by Gasteiger charge is -2.54. The van der Waals surface area contributed by atoms with Gasteiger partial charge in [0.1, 0.15) is 5.52 Å². The van der Waals surface area contributed by atoms with Crippen molar-refractivity contribution in [3.8, 4) is 0 Å². The second-order valence-corrected chi connectivity index (χ2v) is 6.63. The third-order valence-corrected chi connectivity index (χ3v) is 5.13. The summed E-state index contributed by atoms with van der Waals surface area (Å²) in [5, 5.41) is 9.95. The first-order valence-corrected chi connectivity index (χ1v) is 7.95. The molecular formula is C17H20N2O3. The van der Waals surface area contributed by atoms with Crippen molar-refractivity contribution in [1.82, 2.24) is 9.88 Å². The van der Waals surface area contributed by atoms with Crippen molar-refractivity contribution in [1.29, 1.82) is 0 Å². The molecule has 1 saturated heterocycles. The van der Waals surface area contributed by atoms with Crippen LogP contribution in [-0.4, -0.2) is 39.1 Å². The molecule has 5 heteroatoms. The molecule has 1 N–H and O–H groups in total. The molecule has 2 aromatic heterocycles. The van der Waals surface area contributed by atoms with Crippen LogP contribution < -0.4 is 0 Å². The van der Waals surface area contributed by atoms with Crippen LogP contribution in [0.15, 0.2) is 22.6 Å². The monoisotopic (exact) mass is 300 g/mol. The molecule has 1 aliphatic heterocycles. The van der Waals surface area contributed by atoms with E-state index in [4.69, 9.17) is 4.42 Å². The van der Waals surface area contributed by atoms with E-state index in [0.717, 1.165) is 30.5 Å². The van der Waals surface area contributed by atoms with Gasteiger partial charge in [-0.25, -0.2) is 4.98 Å². The molecule has 0 aromatic carbocycles. The number of aromatic nitrogens is 1.